The Balaban J connectivity index is 1.90. The largest absolute Gasteiger partial charge is 0.463 e. The maximum Gasteiger partial charge on any atom is 0.188 e. The molecule has 0 aliphatic carbocycles. The second-order valence-corrected chi connectivity index (χ2v) is 5.80. The molecule has 0 fully saturated rings. The Kier molecular flexibility index (Phi) is 3.20. The van der Waals surface area contributed by atoms with Gasteiger partial charge in [-0.05, 0) is 49.7 Å². The Hall–Kier alpha value is -2.27. The monoisotopic (exact) mass is 285 g/mol. The zero-order valence-corrected chi connectivity index (χ0v) is 12.1. The van der Waals surface area contributed by atoms with Crippen molar-refractivity contribution in [2.75, 3.05) is 11.1 Å². The third-order valence-corrected chi connectivity index (χ3v) is 3.93. The molecule has 0 atom stereocenters. The second kappa shape index (κ2) is 5.02. The third kappa shape index (κ3) is 2.40. The summed E-state index contributed by atoms with van der Waals surface area (Å²) >= 11 is 1.61. The molecule has 3 rings (SSSR count). The highest BCUT2D eigenvalue weighted by molar-refractivity contribution is 7.16. The van der Waals surface area contributed by atoms with Crippen molar-refractivity contribution < 1.29 is 4.42 Å². The van der Waals surface area contributed by atoms with Crippen molar-refractivity contribution in [3.63, 3.8) is 0 Å². The van der Waals surface area contributed by atoms with E-state index in [-0.39, 0.29) is 0 Å². The molecule has 0 saturated heterocycles. The summed E-state index contributed by atoms with van der Waals surface area (Å²) in [7, 11) is 0. The molecule has 0 amide bonds. The Morgan fingerprint density at radius 1 is 1.25 bits per heavy atom. The molecular weight excluding hydrogens is 270 g/mol. The maximum absolute atomic E-state index is 5.76. The normalized spacial score (nSPS) is 10.7. The van der Waals surface area contributed by atoms with E-state index in [1.807, 2.05) is 44.2 Å². The van der Waals surface area contributed by atoms with Crippen LogP contribution in [0.2, 0.25) is 0 Å². The van der Waals surface area contributed by atoms with Crippen LogP contribution >= 0.6 is 11.3 Å². The third-order valence-electron chi connectivity index (χ3n) is 3.04. The zero-order valence-electron chi connectivity index (χ0n) is 11.3. The molecule has 0 radical (unpaired) electrons. The number of anilines is 3. The van der Waals surface area contributed by atoms with Crippen molar-refractivity contribution in [2.24, 2.45) is 0 Å². The van der Waals surface area contributed by atoms with E-state index in [2.05, 4.69) is 10.3 Å². The van der Waals surface area contributed by atoms with Gasteiger partial charge >= 0.3 is 0 Å². The Morgan fingerprint density at radius 2 is 2.10 bits per heavy atom. The molecule has 0 aliphatic heterocycles. The van der Waals surface area contributed by atoms with Crippen molar-refractivity contribution in [3.8, 4) is 11.5 Å². The van der Waals surface area contributed by atoms with Crippen molar-refractivity contribution in [1.82, 2.24) is 4.98 Å². The van der Waals surface area contributed by atoms with Gasteiger partial charge in [0.25, 0.3) is 0 Å². The Labute approximate surface area is 121 Å². The number of aryl methyl sites for hydroxylation is 2. The fourth-order valence-corrected chi connectivity index (χ4v) is 2.86. The van der Waals surface area contributed by atoms with Crippen LogP contribution in [0.25, 0.3) is 11.5 Å². The summed E-state index contributed by atoms with van der Waals surface area (Å²) in [4.78, 5) is 5.71. The van der Waals surface area contributed by atoms with Crippen LogP contribution in [-0.4, -0.2) is 4.98 Å². The number of furan rings is 1. The number of nitrogen functional groups attached to an aromatic ring is 1. The number of aromatic nitrogens is 1. The number of rotatable bonds is 3. The number of benzene rings is 1. The van der Waals surface area contributed by atoms with Crippen molar-refractivity contribution in [3.05, 3.63) is 47.0 Å². The molecule has 0 bridgehead atoms. The number of nitrogens with one attached hydrogen (secondary N) is 1. The van der Waals surface area contributed by atoms with Crippen LogP contribution in [0.5, 0.6) is 0 Å². The maximum atomic E-state index is 5.76. The highest BCUT2D eigenvalue weighted by Crippen LogP contribution is 2.33. The zero-order chi connectivity index (χ0) is 14.1. The predicted octanol–water partition coefficient (Wildman–Crippen LogP) is 4.35. The van der Waals surface area contributed by atoms with Gasteiger partial charge in [-0.25, -0.2) is 4.98 Å². The number of hydrogen-bond acceptors (Lipinski definition) is 5. The quantitative estimate of drug-likeness (QED) is 0.702. The first-order valence-corrected chi connectivity index (χ1v) is 7.09. The summed E-state index contributed by atoms with van der Waals surface area (Å²) in [6.45, 7) is 4.06. The van der Waals surface area contributed by atoms with Crippen LogP contribution in [0.4, 0.5) is 16.5 Å². The van der Waals surface area contributed by atoms with Crippen LogP contribution in [0.3, 0.4) is 0 Å². The van der Waals surface area contributed by atoms with E-state index < -0.39 is 0 Å². The summed E-state index contributed by atoms with van der Waals surface area (Å²) in [5.41, 5.74) is 9.52. The van der Waals surface area contributed by atoms with Crippen LogP contribution < -0.4 is 11.1 Å². The average molecular weight is 285 g/mol. The Bertz CT molecular complexity index is 732. The molecule has 2 heterocycles. The van der Waals surface area contributed by atoms with Gasteiger partial charge in [-0.1, -0.05) is 0 Å². The number of thiazole rings is 1. The molecule has 3 N–H and O–H groups in total. The van der Waals surface area contributed by atoms with Gasteiger partial charge < -0.3 is 15.5 Å². The fourth-order valence-electron chi connectivity index (χ4n) is 2.03. The molecule has 102 valence electrons. The summed E-state index contributed by atoms with van der Waals surface area (Å²) in [5.74, 6) is 0.792. The molecule has 5 heteroatoms. The lowest BCUT2D eigenvalue weighted by Gasteiger charge is -2.07. The SMILES string of the molecule is Cc1cc(N)ccc1Nc1nc(-c2ccco2)c(C)s1. The second-order valence-electron chi connectivity index (χ2n) is 4.60. The van der Waals surface area contributed by atoms with Crippen LogP contribution in [-0.2, 0) is 0 Å². The van der Waals surface area contributed by atoms with Gasteiger partial charge in [0.1, 0.15) is 5.69 Å². The molecule has 3 aromatic rings. The molecule has 0 aliphatic rings. The number of hydrogen-bond donors (Lipinski definition) is 2. The highest BCUT2D eigenvalue weighted by Gasteiger charge is 2.12. The van der Waals surface area contributed by atoms with Crippen molar-refractivity contribution >= 4 is 27.8 Å². The van der Waals surface area contributed by atoms with Crippen molar-refractivity contribution in [2.45, 2.75) is 13.8 Å². The van der Waals surface area contributed by atoms with Gasteiger partial charge in [0.2, 0.25) is 0 Å². The van der Waals surface area contributed by atoms with E-state index in [0.29, 0.717) is 0 Å². The minimum atomic E-state index is 0.764. The fraction of sp³-hybridized carbons (Fsp3) is 0.133. The molecule has 0 unspecified atom stereocenters. The molecule has 0 saturated carbocycles. The smallest absolute Gasteiger partial charge is 0.188 e. The molecular formula is C15H15N3OS. The van der Waals surface area contributed by atoms with Gasteiger partial charge in [-0.3, -0.25) is 0 Å². The lowest BCUT2D eigenvalue weighted by atomic mass is 10.2. The van der Waals surface area contributed by atoms with Gasteiger partial charge in [0.15, 0.2) is 10.9 Å². The minimum Gasteiger partial charge on any atom is -0.463 e. The highest BCUT2D eigenvalue weighted by atomic mass is 32.1. The Morgan fingerprint density at radius 3 is 2.80 bits per heavy atom. The van der Waals surface area contributed by atoms with E-state index in [4.69, 9.17) is 10.2 Å². The summed E-state index contributed by atoms with van der Waals surface area (Å²) < 4.78 is 5.40. The standard InChI is InChI=1S/C15H15N3OS/c1-9-8-11(16)5-6-12(9)17-15-18-14(10(2)20-15)13-4-3-7-19-13/h3-8H,16H2,1-2H3,(H,17,18). The van der Waals surface area contributed by atoms with E-state index in [1.165, 1.54) is 0 Å². The lowest BCUT2D eigenvalue weighted by molar-refractivity contribution is 0.580. The number of nitrogens with zero attached hydrogens (tertiary/aromatic N) is 1. The first-order valence-electron chi connectivity index (χ1n) is 6.28. The summed E-state index contributed by atoms with van der Waals surface area (Å²) in [6.07, 6.45) is 1.66. The molecule has 20 heavy (non-hydrogen) atoms. The number of nitrogens with two attached hydrogens (primary N) is 1. The average Bonchev–Trinajstić information content (AvgIpc) is 3.02. The van der Waals surface area contributed by atoms with Crippen LogP contribution in [0.15, 0.2) is 41.0 Å². The van der Waals surface area contributed by atoms with Crippen molar-refractivity contribution in [1.29, 1.82) is 0 Å². The predicted molar refractivity (Wildman–Crippen MR) is 83.4 cm³/mol. The van der Waals surface area contributed by atoms with Gasteiger partial charge in [0, 0.05) is 16.3 Å². The summed E-state index contributed by atoms with van der Waals surface area (Å²) in [5, 5.41) is 4.18. The first-order chi connectivity index (χ1) is 9.63. The van der Waals surface area contributed by atoms with Crippen LogP contribution in [0.1, 0.15) is 10.4 Å². The van der Waals surface area contributed by atoms with E-state index >= 15 is 0 Å². The summed E-state index contributed by atoms with van der Waals surface area (Å²) in [6, 6.07) is 9.57. The van der Waals surface area contributed by atoms with E-state index in [0.717, 1.165) is 38.4 Å². The van der Waals surface area contributed by atoms with Gasteiger partial charge in [0.05, 0.1) is 6.26 Å². The lowest BCUT2D eigenvalue weighted by Crippen LogP contribution is -1.94. The van der Waals surface area contributed by atoms with Gasteiger partial charge in [-0.15, -0.1) is 11.3 Å². The topological polar surface area (TPSA) is 64.1 Å². The minimum absolute atomic E-state index is 0.764. The molecule has 2 aromatic heterocycles. The van der Waals surface area contributed by atoms with Crippen LogP contribution in [0, 0.1) is 13.8 Å². The van der Waals surface area contributed by atoms with E-state index in [1.54, 1.807) is 17.6 Å². The van der Waals surface area contributed by atoms with E-state index in [9.17, 15) is 0 Å². The first kappa shape index (κ1) is 12.7. The van der Waals surface area contributed by atoms with Gasteiger partial charge in [-0.2, -0.15) is 0 Å². The molecule has 4 nitrogen and oxygen atoms in total. The molecule has 0 spiro atoms. The molecule has 1 aromatic carbocycles.